The molecule has 3 nitrogen and oxygen atoms in total. The number of anilines is 1. The third kappa shape index (κ3) is 3.46. The van der Waals surface area contributed by atoms with E-state index in [2.05, 4.69) is 23.8 Å². The molecule has 0 aliphatic carbocycles. The number of benzene rings is 1. The molecule has 1 aliphatic heterocycles. The highest BCUT2D eigenvalue weighted by molar-refractivity contribution is 6.31. The molecular formula is C16H25ClN2O. The Morgan fingerprint density at radius 2 is 2.25 bits per heavy atom. The number of rotatable bonds is 5. The van der Waals surface area contributed by atoms with E-state index in [1.807, 2.05) is 18.2 Å². The normalized spacial score (nSPS) is 21.1. The first-order valence-electron chi connectivity index (χ1n) is 7.45. The van der Waals surface area contributed by atoms with E-state index in [9.17, 15) is 5.11 Å². The van der Waals surface area contributed by atoms with Gasteiger partial charge in [0.2, 0.25) is 0 Å². The van der Waals surface area contributed by atoms with E-state index in [-0.39, 0.29) is 0 Å². The standard InChI is InChI=1S/C16H25ClN2O/c1-4-19-9-5-6-14(19)11-18(3)13-7-8-15(12(2)20)16(17)10-13/h7-8,10,12,14,20H,4-6,9,11H2,1-3H3. The van der Waals surface area contributed by atoms with Gasteiger partial charge in [-0.15, -0.1) is 0 Å². The first-order chi connectivity index (χ1) is 9.52. The fourth-order valence-corrected chi connectivity index (χ4v) is 3.36. The molecule has 112 valence electrons. The maximum Gasteiger partial charge on any atom is 0.0776 e. The van der Waals surface area contributed by atoms with Crippen LogP contribution in [0.15, 0.2) is 18.2 Å². The number of likely N-dealkylation sites (N-methyl/N-ethyl adjacent to an activating group) is 2. The molecule has 2 atom stereocenters. The van der Waals surface area contributed by atoms with Crippen LogP contribution in [0, 0.1) is 0 Å². The van der Waals surface area contributed by atoms with Gasteiger partial charge in [0.05, 0.1) is 6.10 Å². The molecule has 1 aromatic rings. The van der Waals surface area contributed by atoms with Crippen molar-refractivity contribution in [2.45, 2.75) is 38.8 Å². The molecule has 1 heterocycles. The van der Waals surface area contributed by atoms with Crippen molar-refractivity contribution < 1.29 is 5.11 Å². The van der Waals surface area contributed by atoms with E-state index in [0.717, 1.165) is 24.3 Å². The van der Waals surface area contributed by atoms with Crippen LogP contribution in [0.4, 0.5) is 5.69 Å². The maximum atomic E-state index is 9.63. The minimum absolute atomic E-state index is 0.521. The zero-order valence-corrected chi connectivity index (χ0v) is 13.4. The largest absolute Gasteiger partial charge is 0.389 e. The molecule has 2 unspecified atom stereocenters. The van der Waals surface area contributed by atoms with Crippen molar-refractivity contribution in [3.8, 4) is 0 Å². The fourth-order valence-electron chi connectivity index (χ4n) is 3.03. The molecule has 1 aromatic carbocycles. The summed E-state index contributed by atoms with van der Waals surface area (Å²) in [6.07, 6.45) is 2.05. The summed E-state index contributed by atoms with van der Waals surface area (Å²) in [5.41, 5.74) is 1.90. The van der Waals surface area contributed by atoms with E-state index in [1.165, 1.54) is 19.4 Å². The number of hydrogen-bond acceptors (Lipinski definition) is 3. The van der Waals surface area contributed by atoms with Gasteiger partial charge in [-0.05, 0) is 50.6 Å². The van der Waals surface area contributed by atoms with Crippen molar-refractivity contribution >= 4 is 17.3 Å². The minimum atomic E-state index is -0.521. The molecule has 1 N–H and O–H groups in total. The summed E-state index contributed by atoms with van der Waals surface area (Å²) in [6, 6.07) is 6.55. The third-order valence-corrected chi connectivity index (χ3v) is 4.59. The topological polar surface area (TPSA) is 26.7 Å². The number of nitrogens with zero attached hydrogens (tertiary/aromatic N) is 2. The van der Waals surface area contributed by atoms with Crippen LogP contribution in [0.25, 0.3) is 0 Å². The van der Waals surface area contributed by atoms with Crippen molar-refractivity contribution in [1.82, 2.24) is 4.90 Å². The Bertz CT molecular complexity index is 450. The molecule has 4 heteroatoms. The highest BCUT2D eigenvalue weighted by atomic mass is 35.5. The Balaban J connectivity index is 2.05. The second-order valence-corrected chi connectivity index (χ2v) is 6.09. The van der Waals surface area contributed by atoms with Gasteiger partial charge in [-0.3, -0.25) is 4.90 Å². The molecule has 20 heavy (non-hydrogen) atoms. The molecule has 0 bridgehead atoms. The zero-order valence-electron chi connectivity index (χ0n) is 12.6. The van der Waals surface area contributed by atoms with E-state index in [1.54, 1.807) is 6.92 Å². The highest BCUT2D eigenvalue weighted by Crippen LogP contribution is 2.28. The van der Waals surface area contributed by atoms with Crippen LogP contribution in [0.2, 0.25) is 5.02 Å². The summed E-state index contributed by atoms with van der Waals surface area (Å²) in [5, 5.41) is 10.3. The lowest BCUT2D eigenvalue weighted by Gasteiger charge is -2.29. The molecule has 1 saturated heterocycles. The van der Waals surface area contributed by atoms with Crippen LogP contribution in [-0.2, 0) is 0 Å². The van der Waals surface area contributed by atoms with Gasteiger partial charge in [0.1, 0.15) is 0 Å². The predicted molar refractivity (Wildman–Crippen MR) is 85.6 cm³/mol. The SMILES string of the molecule is CCN1CCCC1CN(C)c1ccc(C(C)O)c(Cl)c1. The van der Waals surface area contributed by atoms with Crippen LogP contribution >= 0.6 is 11.6 Å². The molecule has 0 saturated carbocycles. The highest BCUT2D eigenvalue weighted by Gasteiger charge is 2.24. The molecule has 0 aromatic heterocycles. The van der Waals surface area contributed by atoms with Gasteiger partial charge in [-0.1, -0.05) is 24.6 Å². The summed E-state index contributed by atoms with van der Waals surface area (Å²) in [5.74, 6) is 0. The Morgan fingerprint density at radius 3 is 2.85 bits per heavy atom. The van der Waals surface area contributed by atoms with Gasteiger partial charge in [0, 0.05) is 30.3 Å². The van der Waals surface area contributed by atoms with Crippen molar-refractivity contribution in [1.29, 1.82) is 0 Å². The van der Waals surface area contributed by atoms with Crippen molar-refractivity contribution in [3.63, 3.8) is 0 Å². The number of aliphatic hydroxyl groups excluding tert-OH is 1. The molecule has 0 spiro atoms. The summed E-state index contributed by atoms with van der Waals surface area (Å²) in [6.45, 7) is 7.34. The van der Waals surface area contributed by atoms with Gasteiger partial charge in [0.15, 0.2) is 0 Å². The Morgan fingerprint density at radius 1 is 1.50 bits per heavy atom. The molecule has 1 fully saturated rings. The second kappa shape index (κ2) is 6.79. The van der Waals surface area contributed by atoms with Gasteiger partial charge < -0.3 is 10.0 Å². The van der Waals surface area contributed by atoms with Crippen LogP contribution in [0.5, 0.6) is 0 Å². The van der Waals surface area contributed by atoms with Gasteiger partial charge in [-0.25, -0.2) is 0 Å². The second-order valence-electron chi connectivity index (χ2n) is 5.69. The lowest BCUT2D eigenvalue weighted by molar-refractivity contribution is 0.199. The van der Waals surface area contributed by atoms with Gasteiger partial charge in [0.25, 0.3) is 0 Å². The van der Waals surface area contributed by atoms with E-state index < -0.39 is 6.10 Å². The number of likely N-dealkylation sites (tertiary alicyclic amines) is 1. The average Bonchev–Trinajstić information content (AvgIpc) is 2.85. The minimum Gasteiger partial charge on any atom is -0.389 e. The van der Waals surface area contributed by atoms with Crippen LogP contribution in [0.3, 0.4) is 0 Å². The average molecular weight is 297 g/mol. The van der Waals surface area contributed by atoms with Crippen LogP contribution in [0.1, 0.15) is 38.4 Å². The molecular weight excluding hydrogens is 272 g/mol. The number of aliphatic hydroxyl groups is 1. The van der Waals surface area contributed by atoms with Crippen molar-refractivity contribution in [2.75, 3.05) is 31.6 Å². The lowest BCUT2D eigenvalue weighted by Crippen LogP contribution is -2.38. The van der Waals surface area contributed by atoms with Crippen LogP contribution < -0.4 is 4.90 Å². The molecule has 0 radical (unpaired) electrons. The Hall–Kier alpha value is -0.770. The monoisotopic (exact) mass is 296 g/mol. The molecule has 2 rings (SSSR count). The summed E-state index contributed by atoms with van der Waals surface area (Å²) in [7, 11) is 2.11. The third-order valence-electron chi connectivity index (χ3n) is 4.26. The lowest BCUT2D eigenvalue weighted by atomic mass is 10.1. The first kappa shape index (κ1) is 15.6. The summed E-state index contributed by atoms with van der Waals surface area (Å²) in [4.78, 5) is 4.80. The summed E-state index contributed by atoms with van der Waals surface area (Å²) >= 11 is 6.24. The zero-order chi connectivity index (χ0) is 14.7. The molecule has 1 aliphatic rings. The smallest absolute Gasteiger partial charge is 0.0776 e. The Kier molecular flexibility index (Phi) is 5.30. The molecule has 0 amide bonds. The van der Waals surface area contributed by atoms with E-state index in [4.69, 9.17) is 11.6 Å². The first-order valence-corrected chi connectivity index (χ1v) is 7.83. The summed E-state index contributed by atoms with van der Waals surface area (Å²) < 4.78 is 0. The van der Waals surface area contributed by atoms with Gasteiger partial charge >= 0.3 is 0 Å². The Labute approximate surface area is 127 Å². The quantitative estimate of drug-likeness (QED) is 0.903. The maximum absolute atomic E-state index is 9.63. The number of hydrogen-bond donors (Lipinski definition) is 1. The van der Waals surface area contributed by atoms with Gasteiger partial charge in [-0.2, -0.15) is 0 Å². The van der Waals surface area contributed by atoms with E-state index in [0.29, 0.717) is 11.1 Å². The fraction of sp³-hybridized carbons (Fsp3) is 0.625. The van der Waals surface area contributed by atoms with Crippen molar-refractivity contribution in [2.24, 2.45) is 0 Å². The van der Waals surface area contributed by atoms with Crippen molar-refractivity contribution in [3.05, 3.63) is 28.8 Å². The van der Waals surface area contributed by atoms with E-state index >= 15 is 0 Å². The number of halogens is 1. The predicted octanol–water partition coefficient (Wildman–Crippen LogP) is 3.31. The van der Waals surface area contributed by atoms with Crippen LogP contribution in [-0.4, -0.2) is 42.7 Å².